The van der Waals surface area contributed by atoms with E-state index in [0.717, 1.165) is 80.7 Å². The largest absolute Gasteiger partial charge is 0.434 e. The van der Waals surface area contributed by atoms with Crippen LogP contribution in [0.1, 0.15) is 11.1 Å². The molecule has 0 unspecified atom stereocenters. The van der Waals surface area contributed by atoms with E-state index in [-0.39, 0.29) is 22.8 Å². The number of anilines is 2. The average molecular weight is 606 g/mol. The second-order valence-corrected chi connectivity index (χ2v) is 10.3. The Labute approximate surface area is 249 Å². The van der Waals surface area contributed by atoms with Crippen LogP contribution in [0.4, 0.5) is 33.7 Å². The number of pyridine rings is 1. The molecule has 1 aliphatic heterocycles. The standard InChI is InChI=1S/C32H27F4N5O3/c33-27-10-9-25(39-31(42)38-24-7-5-23(6-8-24)32(34,35)36)18-26(27)30-40-29-28(44-30)17-22(19-37-29)21-3-1-20(2-4-21)11-12-41-13-15-43-16-14-41/h1-10,17-19H,11-16H2,(H2,38,39,42). The van der Waals surface area contributed by atoms with E-state index in [1.54, 1.807) is 12.3 Å². The quantitative estimate of drug-likeness (QED) is 0.190. The Morgan fingerprint density at radius 2 is 1.59 bits per heavy atom. The summed E-state index contributed by atoms with van der Waals surface area (Å²) in [7, 11) is 0. The molecule has 1 fully saturated rings. The Bertz CT molecular complexity index is 1770. The SMILES string of the molecule is O=C(Nc1ccc(C(F)(F)F)cc1)Nc1ccc(F)c(-c2nc3ncc(-c4ccc(CCN5CCOCC5)cc4)cc3o2)c1. The lowest BCUT2D eigenvalue weighted by molar-refractivity contribution is -0.137. The molecule has 0 bridgehead atoms. The van der Waals surface area contributed by atoms with E-state index >= 15 is 0 Å². The molecule has 8 nitrogen and oxygen atoms in total. The number of urea groups is 1. The fourth-order valence-corrected chi connectivity index (χ4v) is 4.87. The van der Waals surface area contributed by atoms with Gasteiger partial charge in [0, 0.05) is 42.8 Å². The number of benzene rings is 3. The van der Waals surface area contributed by atoms with Crippen LogP contribution in [0.2, 0.25) is 0 Å². The van der Waals surface area contributed by atoms with Crippen molar-refractivity contribution in [3.8, 4) is 22.6 Å². The van der Waals surface area contributed by atoms with Gasteiger partial charge in [-0.3, -0.25) is 4.90 Å². The van der Waals surface area contributed by atoms with Crippen LogP contribution in [0.15, 0.2) is 83.4 Å². The Morgan fingerprint density at radius 1 is 0.886 bits per heavy atom. The number of ether oxygens (including phenoxy) is 1. The second-order valence-electron chi connectivity index (χ2n) is 10.3. The smallest absolute Gasteiger partial charge is 0.416 e. The van der Waals surface area contributed by atoms with Crippen molar-refractivity contribution in [2.75, 3.05) is 43.5 Å². The lowest BCUT2D eigenvalue weighted by atomic mass is 10.0. The van der Waals surface area contributed by atoms with Gasteiger partial charge < -0.3 is 19.8 Å². The first-order chi connectivity index (χ1) is 21.2. The number of morpholine rings is 1. The molecule has 44 heavy (non-hydrogen) atoms. The number of halogens is 4. The fraction of sp³-hybridized carbons (Fsp3) is 0.219. The number of carbonyl (C=O) groups is 1. The molecule has 1 aliphatic rings. The highest BCUT2D eigenvalue weighted by Gasteiger charge is 2.30. The number of fused-ring (bicyclic) bond motifs is 1. The molecule has 2 N–H and O–H groups in total. The van der Waals surface area contributed by atoms with Crippen molar-refractivity contribution in [2.45, 2.75) is 12.6 Å². The van der Waals surface area contributed by atoms with Crippen molar-refractivity contribution in [1.29, 1.82) is 0 Å². The third-order valence-corrected chi connectivity index (χ3v) is 7.28. The van der Waals surface area contributed by atoms with Gasteiger partial charge in [-0.05, 0) is 66.1 Å². The first-order valence-electron chi connectivity index (χ1n) is 13.9. The third kappa shape index (κ3) is 6.87. The molecule has 0 spiro atoms. The fourth-order valence-electron chi connectivity index (χ4n) is 4.87. The molecule has 0 atom stereocenters. The molecule has 5 aromatic rings. The molecule has 3 heterocycles. The van der Waals surface area contributed by atoms with E-state index in [1.165, 1.54) is 17.7 Å². The first kappa shape index (κ1) is 29.3. The summed E-state index contributed by atoms with van der Waals surface area (Å²) in [5, 5.41) is 4.98. The molecule has 3 aromatic carbocycles. The highest BCUT2D eigenvalue weighted by Crippen LogP contribution is 2.31. The number of nitrogens with zero attached hydrogens (tertiary/aromatic N) is 3. The van der Waals surface area contributed by atoms with Crippen LogP contribution in [-0.2, 0) is 17.3 Å². The minimum absolute atomic E-state index is 0.00139. The van der Waals surface area contributed by atoms with E-state index < -0.39 is 23.6 Å². The second kappa shape index (κ2) is 12.4. The number of alkyl halides is 3. The van der Waals surface area contributed by atoms with E-state index in [2.05, 4.69) is 37.6 Å². The van der Waals surface area contributed by atoms with Crippen molar-refractivity contribution < 1.29 is 31.5 Å². The number of oxazole rings is 1. The van der Waals surface area contributed by atoms with Crippen LogP contribution >= 0.6 is 0 Å². The average Bonchev–Trinajstić information content (AvgIpc) is 3.45. The molecular weight excluding hydrogens is 578 g/mol. The highest BCUT2D eigenvalue weighted by molar-refractivity contribution is 6.00. The number of hydrogen-bond donors (Lipinski definition) is 2. The Balaban J connectivity index is 1.13. The Kier molecular flexibility index (Phi) is 8.27. The van der Waals surface area contributed by atoms with Gasteiger partial charge in [-0.15, -0.1) is 0 Å². The normalized spacial score (nSPS) is 14.1. The summed E-state index contributed by atoms with van der Waals surface area (Å²) in [6.45, 7) is 4.44. The number of rotatable bonds is 7. The van der Waals surface area contributed by atoms with Crippen molar-refractivity contribution in [2.24, 2.45) is 0 Å². The summed E-state index contributed by atoms with van der Waals surface area (Å²) in [6, 6.07) is 17.1. The zero-order valence-corrected chi connectivity index (χ0v) is 23.3. The summed E-state index contributed by atoms with van der Waals surface area (Å²) in [4.78, 5) is 23.6. The summed E-state index contributed by atoms with van der Waals surface area (Å²) in [5.74, 6) is -0.648. The van der Waals surface area contributed by atoms with Crippen LogP contribution in [0, 0.1) is 5.82 Å². The first-order valence-corrected chi connectivity index (χ1v) is 13.9. The van der Waals surface area contributed by atoms with E-state index in [0.29, 0.717) is 11.2 Å². The minimum Gasteiger partial charge on any atom is -0.434 e. The maximum atomic E-state index is 14.8. The predicted octanol–water partition coefficient (Wildman–Crippen LogP) is 7.23. The highest BCUT2D eigenvalue weighted by atomic mass is 19.4. The number of aromatic nitrogens is 2. The summed E-state index contributed by atoms with van der Waals surface area (Å²) in [6.07, 6.45) is -1.86. The monoisotopic (exact) mass is 605 g/mol. The van der Waals surface area contributed by atoms with Crippen LogP contribution in [0.5, 0.6) is 0 Å². The van der Waals surface area contributed by atoms with Gasteiger partial charge in [0.15, 0.2) is 11.2 Å². The van der Waals surface area contributed by atoms with Gasteiger partial charge in [-0.25, -0.2) is 14.2 Å². The number of hydrogen-bond acceptors (Lipinski definition) is 6. The van der Waals surface area contributed by atoms with Crippen molar-refractivity contribution >= 4 is 28.6 Å². The molecule has 0 aliphatic carbocycles. The van der Waals surface area contributed by atoms with Gasteiger partial charge in [-0.2, -0.15) is 18.2 Å². The van der Waals surface area contributed by atoms with Crippen LogP contribution < -0.4 is 10.6 Å². The van der Waals surface area contributed by atoms with Gasteiger partial charge >= 0.3 is 12.2 Å². The molecule has 0 radical (unpaired) electrons. The van der Waals surface area contributed by atoms with Crippen molar-refractivity contribution in [3.05, 3.63) is 95.9 Å². The maximum absolute atomic E-state index is 14.8. The van der Waals surface area contributed by atoms with E-state index in [4.69, 9.17) is 9.15 Å². The molecule has 0 saturated carbocycles. The minimum atomic E-state index is -4.48. The number of amides is 2. The molecule has 12 heteroatoms. The maximum Gasteiger partial charge on any atom is 0.416 e. The lowest BCUT2D eigenvalue weighted by Crippen LogP contribution is -2.37. The number of nitrogens with one attached hydrogen (secondary N) is 2. The zero-order chi connectivity index (χ0) is 30.7. The van der Waals surface area contributed by atoms with Gasteiger partial charge in [0.2, 0.25) is 5.89 Å². The van der Waals surface area contributed by atoms with Gasteiger partial charge in [-0.1, -0.05) is 24.3 Å². The van der Waals surface area contributed by atoms with Crippen molar-refractivity contribution in [3.63, 3.8) is 0 Å². The summed E-state index contributed by atoms with van der Waals surface area (Å²) >= 11 is 0. The topological polar surface area (TPSA) is 92.5 Å². The van der Waals surface area contributed by atoms with E-state index in [1.807, 2.05) is 12.1 Å². The predicted molar refractivity (Wildman–Crippen MR) is 158 cm³/mol. The molecule has 6 rings (SSSR count). The van der Waals surface area contributed by atoms with Crippen molar-refractivity contribution in [1.82, 2.24) is 14.9 Å². The van der Waals surface area contributed by atoms with Gasteiger partial charge in [0.1, 0.15) is 5.82 Å². The number of carbonyl (C=O) groups excluding carboxylic acids is 1. The van der Waals surface area contributed by atoms with Crippen LogP contribution in [-0.4, -0.2) is 53.7 Å². The van der Waals surface area contributed by atoms with Gasteiger partial charge in [0.05, 0.1) is 24.3 Å². The van der Waals surface area contributed by atoms with Crippen LogP contribution in [0.3, 0.4) is 0 Å². The van der Waals surface area contributed by atoms with E-state index in [9.17, 15) is 22.4 Å². The van der Waals surface area contributed by atoms with Gasteiger partial charge in [0.25, 0.3) is 0 Å². The Hall–Kier alpha value is -4.81. The summed E-state index contributed by atoms with van der Waals surface area (Å²) in [5.41, 5.74) is 3.20. The molecule has 226 valence electrons. The molecular formula is C32H27F4N5O3. The third-order valence-electron chi connectivity index (χ3n) is 7.28. The Morgan fingerprint density at radius 3 is 2.32 bits per heavy atom. The lowest BCUT2D eigenvalue weighted by Gasteiger charge is -2.26. The molecule has 2 aromatic heterocycles. The molecule has 1 saturated heterocycles. The molecule has 2 amide bonds. The summed E-state index contributed by atoms with van der Waals surface area (Å²) < 4.78 is 64.4. The zero-order valence-electron chi connectivity index (χ0n) is 23.3. The van der Waals surface area contributed by atoms with Crippen LogP contribution in [0.25, 0.3) is 33.8 Å².